The molecule has 1 atom stereocenters. The number of amides is 1. The third kappa shape index (κ3) is 5.05. The van der Waals surface area contributed by atoms with Crippen molar-refractivity contribution >= 4 is 17.9 Å². The van der Waals surface area contributed by atoms with Crippen molar-refractivity contribution in [2.45, 2.75) is 19.4 Å². The molecule has 3 N–H and O–H groups in total. The van der Waals surface area contributed by atoms with Gasteiger partial charge in [-0.1, -0.05) is 6.92 Å². The summed E-state index contributed by atoms with van der Waals surface area (Å²) in [5.41, 5.74) is 7.38. The normalized spacial score (nSPS) is 20.2. The first-order valence-corrected chi connectivity index (χ1v) is 9.61. The first kappa shape index (κ1) is 20.2. The van der Waals surface area contributed by atoms with E-state index in [9.17, 15) is 9.18 Å². The molecular formula is C21H28FN5O. The third-order valence-corrected chi connectivity index (χ3v) is 5.28. The smallest absolute Gasteiger partial charge is 0.212 e. The van der Waals surface area contributed by atoms with Crippen LogP contribution >= 0.6 is 0 Å². The van der Waals surface area contributed by atoms with Gasteiger partial charge in [-0.05, 0) is 62.3 Å². The van der Waals surface area contributed by atoms with E-state index in [2.05, 4.69) is 34.1 Å². The number of nitrogens with zero attached hydrogens (tertiary/aromatic N) is 3. The van der Waals surface area contributed by atoms with Crippen molar-refractivity contribution in [1.29, 1.82) is 0 Å². The van der Waals surface area contributed by atoms with Crippen LogP contribution in [0.25, 0.3) is 11.3 Å². The van der Waals surface area contributed by atoms with Crippen molar-refractivity contribution in [3.8, 4) is 11.3 Å². The maximum Gasteiger partial charge on any atom is 0.212 e. The number of halogens is 1. The number of likely N-dealkylation sites (N-methyl/N-ethyl adjacent to an activating group) is 1. The van der Waals surface area contributed by atoms with E-state index in [0.29, 0.717) is 23.6 Å². The molecule has 0 bridgehead atoms. The minimum atomic E-state index is -0.310. The lowest BCUT2D eigenvalue weighted by molar-refractivity contribution is -0.105. The van der Waals surface area contributed by atoms with E-state index in [0.717, 1.165) is 17.5 Å². The van der Waals surface area contributed by atoms with Crippen molar-refractivity contribution in [2.24, 2.45) is 5.92 Å². The molecule has 6 nitrogen and oxygen atoms in total. The second-order valence-corrected chi connectivity index (χ2v) is 7.67. The number of likely N-dealkylation sites (tertiary alicyclic amines) is 2. The number of rotatable bonds is 4. The fraction of sp³-hybridized carbons (Fsp3) is 0.429. The van der Waals surface area contributed by atoms with Crippen LogP contribution in [-0.2, 0) is 4.79 Å². The van der Waals surface area contributed by atoms with E-state index < -0.39 is 0 Å². The number of carbonyl (C=O) groups excluding carboxylic acids is 1. The average Bonchev–Trinajstić information content (AvgIpc) is 3.08. The number of nitrogens with two attached hydrogens (primary N) is 1. The van der Waals surface area contributed by atoms with E-state index in [1.807, 2.05) is 0 Å². The quantitative estimate of drug-likeness (QED) is 0.792. The minimum Gasteiger partial charge on any atom is -0.396 e. The number of aromatic nitrogens is 1. The number of nitrogen functional groups attached to an aromatic ring is 1. The number of carbonyl (C=O) groups is 1. The van der Waals surface area contributed by atoms with Crippen LogP contribution in [0.15, 0.2) is 36.4 Å². The van der Waals surface area contributed by atoms with Crippen LogP contribution in [0.3, 0.4) is 0 Å². The molecule has 0 saturated carbocycles. The first-order valence-electron chi connectivity index (χ1n) is 9.61. The highest BCUT2D eigenvalue weighted by Gasteiger charge is 2.32. The zero-order chi connectivity index (χ0) is 20.1. The number of pyridine rings is 1. The van der Waals surface area contributed by atoms with Gasteiger partial charge < -0.3 is 16.0 Å². The second kappa shape index (κ2) is 9.12. The van der Waals surface area contributed by atoms with Crippen molar-refractivity contribution in [2.75, 3.05) is 44.3 Å². The zero-order valence-electron chi connectivity index (χ0n) is 16.4. The van der Waals surface area contributed by atoms with E-state index in [1.54, 1.807) is 24.3 Å². The van der Waals surface area contributed by atoms with Crippen LogP contribution in [0, 0.1) is 11.7 Å². The van der Waals surface area contributed by atoms with E-state index in [4.69, 9.17) is 5.73 Å². The van der Waals surface area contributed by atoms with Crippen molar-refractivity contribution in [3.05, 3.63) is 42.2 Å². The van der Waals surface area contributed by atoms with Crippen LogP contribution in [0.5, 0.6) is 0 Å². The minimum absolute atomic E-state index is 0.293. The number of nitrogens with one attached hydrogen (secondary N) is 1. The maximum absolute atomic E-state index is 12.8. The predicted octanol–water partition coefficient (Wildman–Crippen LogP) is 2.68. The monoisotopic (exact) mass is 385 g/mol. The Morgan fingerprint density at radius 3 is 2.46 bits per heavy atom. The van der Waals surface area contributed by atoms with E-state index in [1.165, 1.54) is 44.7 Å². The summed E-state index contributed by atoms with van der Waals surface area (Å²) in [7, 11) is 2.20. The summed E-state index contributed by atoms with van der Waals surface area (Å²) in [5, 5.41) is 2.41. The number of hydrogen-bond acceptors (Lipinski definition) is 5. The lowest BCUT2D eigenvalue weighted by Crippen LogP contribution is -2.56. The molecule has 2 aliphatic heterocycles. The van der Waals surface area contributed by atoms with Gasteiger partial charge in [-0.25, -0.2) is 9.37 Å². The third-order valence-electron chi connectivity index (χ3n) is 5.28. The molecule has 150 valence electrons. The molecule has 0 spiro atoms. The van der Waals surface area contributed by atoms with Crippen LogP contribution in [0.2, 0.25) is 0 Å². The molecule has 2 aromatic rings. The Labute approximate surface area is 165 Å². The Morgan fingerprint density at radius 2 is 1.89 bits per heavy atom. The van der Waals surface area contributed by atoms with Crippen molar-refractivity contribution in [1.82, 2.24) is 14.8 Å². The highest BCUT2D eigenvalue weighted by molar-refractivity contribution is 5.78. The van der Waals surface area contributed by atoms with Gasteiger partial charge in [-0.2, -0.15) is 0 Å². The maximum atomic E-state index is 12.8. The highest BCUT2D eigenvalue weighted by Crippen LogP contribution is 2.23. The standard InChI is InChI=1S/C12H10FN3O.C9H18N2/c13-9-3-1-8(2-4-9)11-6-5-10(14)12(16-11)15-7-17;1-8-3-4-11(5-8)9-6-10(2)7-9/h1-7H,14H2,(H,15,16,17);8-9H,3-7H2,1-2H3. The molecule has 1 amide bonds. The second-order valence-electron chi connectivity index (χ2n) is 7.67. The fourth-order valence-corrected chi connectivity index (χ4v) is 3.62. The SMILES string of the molecule is CC1CCN(C2CN(C)C2)C1.Nc1ccc(-c2ccc(F)cc2)nc1NC=O. The Morgan fingerprint density at radius 1 is 1.18 bits per heavy atom. The van der Waals surface area contributed by atoms with E-state index >= 15 is 0 Å². The summed E-state index contributed by atoms with van der Waals surface area (Å²) >= 11 is 0. The van der Waals surface area contributed by atoms with Gasteiger partial charge in [0.1, 0.15) is 5.82 Å². The van der Waals surface area contributed by atoms with Gasteiger partial charge in [0.05, 0.1) is 11.4 Å². The summed E-state index contributed by atoms with van der Waals surface area (Å²) in [6.45, 7) is 7.65. The first-order chi connectivity index (χ1) is 13.5. The molecule has 1 aromatic carbocycles. The summed E-state index contributed by atoms with van der Waals surface area (Å²) in [6.07, 6.45) is 1.92. The average molecular weight is 385 g/mol. The predicted molar refractivity (Wildman–Crippen MR) is 110 cm³/mol. The Bertz CT molecular complexity index is 792. The summed E-state index contributed by atoms with van der Waals surface area (Å²) in [6, 6.07) is 10.2. The van der Waals surface area contributed by atoms with Crippen LogP contribution in [0.1, 0.15) is 13.3 Å². The van der Waals surface area contributed by atoms with E-state index in [-0.39, 0.29) is 5.82 Å². The molecule has 3 heterocycles. The number of anilines is 2. The molecule has 0 aliphatic carbocycles. The molecule has 0 radical (unpaired) electrons. The summed E-state index contributed by atoms with van der Waals surface area (Å²) in [5.74, 6) is 0.929. The lowest BCUT2D eigenvalue weighted by Gasteiger charge is -2.42. The van der Waals surface area contributed by atoms with Gasteiger partial charge in [0, 0.05) is 31.2 Å². The summed E-state index contributed by atoms with van der Waals surface area (Å²) in [4.78, 5) is 19.6. The van der Waals surface area contributed by atoms with Gasteiger partial charge in [-0.15, -0.1) is 0 Å². The molecule has 2 fully saturated rings. The Hall–Kier alpha value is -2.51. The van der Waals surface area contributed by atoms with Gasteiger partial charge in [0.15, 0.2) is 5.82 Å². The molecule has 28 heavy (non-hydrogen) atoms. The Balaban J connectivity index is 0.000000176. The summed E-state index contributed by atoms with van der Waals surface area (Å²) < 4.78 is 12.8. The zero-order valence-corrected chi connectivity index (χ0v) is 16.4. The van der Waals surface area contributed by atoms with Crippen molar-refractivity contribution in [3.63, 3.8) is 0 Å². The number of hydrogen-bond donors (Lipinski definition) is 2. The van der Waals surface area contributed by atoms with Crippen LogP contribution < -0.4 is 11.1 Å². The fourth-order valence-electron chi connectivity index (χ4n) is 3.62. The molecule has 2 saturated heterocycles. The topological polar surface area (TPSA) is 74.5 Å². The molecule has 2 aliphatic rings. The van der Waals surface area contributed by atoms with Gasteiger partial charge in [-0.3, -0.25) is 9.69 Å². The lowest BCUT2D eigenvalue weighted by atomic mass is 10.1. The van der Waals surface area contributed by atoms with Crippen LogP contribution in [-0.4, -0.2) is 60.5 Å². The van der Waals surface area contributed by atoms with Gasteiger partial charge in [0.25, 0.3) is 0 Å². The van der Waals surface area contributed by atoms with Crippen LogP contribution in [0.4, 0.5) is 15.9 Å². The molecule has 1 unspecified atom stereocenters. The largest absolute Gasteiger partial charge is 0.396 e. The Kier molecular flexibility index (Phi) is 6.59. The van der Waals surface area contributed by atoms with Crippen molar-refractivity contribution < 1.29 is 9.18 Å². The van der Waals surface area contributed by atoms with Gasteiger partial charge >= 0.3 is 0 Å². The molecule has 1 aromatic heterocycles. The number of benzene rings is 1. The van der Waals surface area contributed by atoms with Gasteiger partial charge in [0.2, 0.25) is 6.41 Å². The molecule has 4 rings (SSSR count). The molecule has 7 heteroatoms. The molecular weight excluding hydrogens is 357 g/mol. The highest BCUT2D eigenvalue weighted by atomic mass is 19.1.